The third kappa shape index (κ3) is 8.65. The molecule has 3 aromatic rings. The van der Waals surface area contributed by atoms with Crippen LogP contribution < -0.4 is 19.9 Å². The summed E-state index contributed by atoms with van der Waals surface area (Å²) >= 11 is 0. The fourth-order valence-electron chi connectivity index (χ4n) is 5.98. The Hall–Kier alpha value is -4.85. The summed E-state index contributed by atoms with van der Waals surface area (Å²) in [5, 5.41) is 15.5. The highest BCUT2D eigenvalue weighted by atomic mass is 19.1. The lowest BCUT2D eigenvalue weighted by Crippen LogP contribution is -2.63. The van der Waals surface area contributed by atoms with Gasteiger partial charge in [-0.2, -0.15) is 0 Å². The van der Waals surface area contributed by atoms with Crippen molar-refractivity contribution in [1.29, 1.82) is 0 Å². The van der Waals surface area contributed by atoms with Crippen LogP contribution in [0.1, 0.15) is 92.4 Å². The maximum absolute atomic E-state index is 15.6. The van der Waals surface area contributed by atoms with Crippen LogP contribution in [0.3, 0.4) is 0 Å². The number of carboxylic acid groups (broad SMARTS) is 1. The van der Waals surface area contributed by atoms with Gasteiger partial charge in [0.25, 0.3) is 5.91 Å². The summed E-state index contributed by atoms with van der Waals surface area (Å²) in [6, 6.07) is 11.0. The molecule has 0 aromatic heterocycles. The lowest BCUT2D eigenvalue weighted by atomic mass is 9.94. The Labute approximate surface area is 290 Å². The van der Waals surface area contributed by atoms with E-state index in [-0.39, 0.29) is 55.0 Å². The van der Waals surface area contributed by atoms with Crippen molar-refractivity contribution in [2.75, 3.05) is 40.9 Å². The van der Waals surface area contributed by atoms with Gasteiger partial charge in [0, 0.05) is 31.8 Å². The third-order valence-electron chi connectivity index (χ3n) is 8.50. The molecule has 3 aromatic carbocycles. The largest absolute Gasteiger partial charge is 0.495 e. The highest BCUT2D eigenvalue weighted by molar-refractivity contribution is 6.11. The van der Waals surface area contributed by atoms with Gasteiger partial charge >= 0.3 is 12.1 Å². The standard InChI is InChI=1S/C37H43FN2O10/c1-22(2)29-14-15-30(48-20-46-5)31(32(29)38)33(41)25-10-12-26(13-11-25)36(43)50-40(37(44)45)16-8-7-9-28(19-40)39-35(42)27-17-23(3)34(24(4)18-27)49-21-47-6/h10-15,17-18,22,28H,7-9,16,19-21H2,1-6H3,(H-,39,42,44,45). The second kappa shape index (κ2) is 16.7. The smallest absolute Gasteiger partial charge is 0.398 e. The molecule has 2 amide bonds. The van der Waals surface area contributed by atoms with Crippen LogP contribution in [0.5, 0.6) is 11.5 Å². The summed E-state index contributed by atoms with van der Waals surface area (Å²) in [4.78, 5) is 58.3. The number of carbonyl (C=O) groups excluding carboxylic acids is 4. The average molecular weight is 695 g/mol. The number of amides is 2. The number of carbonyl (C=O) groups is 4. The maximum atomic E-state index is 15.6. The zero-order valence-corrected chi connectivity index (χ0v) is 29.1. The molecule has 268 valence electrons. The molecule has 1 heterocycles. The average Bonchev–Trinajstić information content (AvgIpc) is 3.29. The first kappa shape index (κ1) is 38.0. The molecule has 0 radical (unpaired) electrons. The summed E-state index contributed by atoms with van der Waals surface area (Å²) in [6.45, 7) is 6.71. The first-order chi connectivity index (χ1) is 23.8. The maximum Gasteiger partial charge on any atom is 0.398 e. The second-order valence-electron chi connectivity index (χ2n) is 12.6. The van der Waals surface area contributed by atoms with Crippen LogP contribution in [0.15, 0.2) is 48.5 Å². The number of quaternary nitrogens is 1. The van der Waals surface area contributed by atoms with E-state index in [0.717, 1.165) is 11.1 Å². The number of rotatable bonds is 12. The Bertz CT molecular complexity index is 1700. The molecule has 12 nitrogen and oxygen atoms in total. The van der Waals surface area contributed by atoms with Crippen molar-refractivity contribution in [3.8, 4) is 11.5 Å². The highest BCUT2D eigenvalue weighted by Crippen LogP contribution is 2.31. The van der Waals surface area contributed by atoms with Crippen molar-refractivity contribution in [2.24, 2.45) is 0 Å². The molecule has 4 rings (SSSR count). The Morgan fingerprint density at radius 2 is 1.52 bits per heavy atom. The van der Waals surface area contributed by atoms with Crippen LogP contribution >= 0.6 is 0 Å². The number of methoxy groups -OCH3 is 2. The number of aryl methyl sites for hydroxylation is 2. The minimum absolute atomic E-state index is 0.00354. The number of hydrogen-bond acceptors (Lipinski definition) is 10. The van der Waals surface area contributed by atoms with Gasteiger partial charge in [-0.15, -0.1) is 0 Å². The minimum atomic E-state index is -1.64. The molecule has 2 unspecified atom stereocenters. The number of nitrogens with one attached hydrogen (secondary N) is 1. The molecule has 1 aliphatic rings. The topological polar surface area (TPSA) is 150 Å². The van der Waals surface area contributed by atoms with E-state index in [1.165, 1.54) is 44.6 Å². The molecule has 0 bridgehead atoms. The number of ether oxygens (including phenoxy) is 4. The molecule has 0 spiro atoms. The van der Waals surface area contributed by atoms with Crippen molar-refractivity contribution in [1.82, 2.24) is 5.32 Å². The summed E-state index contributed by atoms with van der Waals surface area (Å²) in [5.41, 5.74) is 1.89. The van der Waals surface area contributed by atoms with Gasteiger partial charge in [-0.25, -0.2) is 9.18 Å². The van der Waals surface area contributed by atoms with Crippen LogP contribution in [-0.4, -0.2) is 75.3 Å². The zero-order valence-electron chi connectivity index (χ0n) is 29.1. The molecule has 2 atom stereocenters. The Kier molecular flexibility index (Phi) is 12.7. The monoisotopic (exact) mass is 694 g/mol. The number of benzene rings is 3. The van der Waals surface area contributed by atoms with Crippen molar-refractivity contribution in [2.45, 2.75) is 58.9 Å². The molecule has 1 aliphatic heterocycles. The van der Waals surface area contributed by atoms with E-state index in [2.05, 4.69) is 5.32 Å². The van der Waals surface area contributed by atoms with Crippen LogP contribution in [0.4, 0.5) is 9.18 Å². The Morgan fingerprint density at radius 3 is 2.12 bits per heavy atom. The molecule has 1 saturated heterocycles. The number of likely N-dealkylation sites (tertiary alicyclic amines) is 1. The van der Waals surface area contributed by atoms with Crippen molar-refractivity contribution >= 4 is 23.8 Å². The van der Waals surface area contributed by atoms with Gasteiger partial charge in [-0.05, 0) is 79.6 Å². The fraction of sp³-hybridized carbons (Fsp3) is 0.405. The van der Waals surface area contributed by atoms with E-state index in [1.807, 2.05) is 0 Å². The molecular formula is C37H43FN2O10. The Morgan fingerprint density at radius 1 is 0.900 bits per heavy atom. The molecule has 1 fully saturated rings. The van der Waals surface area contributed by atoms with E-state index >= 15 is 4.39 Å². The zero-order chi connectivity index (χ0) is 36.6. The van der Waals surface area contributed by atoms with Gasteiger partial charge in [-0.1, -0.05) is 36.7 Å². The normalized spacial score (nSPS) is 17.5. The summed E-state index contributed by atoms with van der Waals surface area (Å²) in [7, 11) is 2.91. The van der Waals surface area contributed by atoms with Crippen LogP contribution in [0, 0.1) is 19.7 Å². The predicted molar refractivity (Wildman–Crippen MR) is 177 cm³/mol. The van der Waals surface area contributed by atoms with E-state index in [9.17, 15) is 24.3 Å². The SMILES string of the molecule is COCOc1ccc(C(C)C)c(F)c1C(=O)c1ccc(C(=O)O[N+]2(C(=O)[O-])CCCCC(NC(=O)c3cc(C)c(OCOC)c(C)c3)C2)cc1. The summed E-state index contributed by atoms with van der Waals surface area (Å²) in [5.74, 6) is -2.40. The van der Waals surface area contributed by atoms with E-state index < -0.39 is 40.3 Å². The van der Waals surface area contributed by atoms with E-state index in [4.69, 9.17) is 23.8 Å². The molecular weight excluding hydrogens is 651 g/mol. The first-order valence-corrected chi connectivity index (χ1v) is 16.3. The number of hydroxylamine groups is 3. The minimum Gasteiger partial charge on any atom is -0.495 e. The van der Waals surface area contributed by atoms with Crippen molar-refractivity contribution in [3.05, 3.63) is 93.3 Å². The number of ketones is 1. The van der Waals surface area contributed by atoms with Gasteiger partial charge in [-0.3, -0.25) is 14.4 Å². The van der Waals surface area contributed by atoms with E-state index in [1.54, 1.807) is 45.9 Å². The molecule has 50 heavy (non-hydrogen) atoms. The lowest BCUT2D eigenvalue weighted by molar-refractivity contribution is -1.04. The summed E-state index contributed by atoms with van der Waals surface area (Å²) in [6.07, 6.45) is -0.231. The second-order valence-corrected chi connectivity index (χ2v) is 12.6. The van der Waals surface area contributed by atoms with Gasteiger partial charge in [0.1, 0.15) is 36.0 Å². The van der Waals surface area contributed by atoms with Crippen molar-refractivity contribution < 1.29 is 57.1 Å². The molecule has 0 saturated carbocycles. The van der Waals surface area contributed by atoms with Crippen LogP contribution in [0.25, 0.3) is 0 Å². The quantitative estimate of drug-likeness (QED) is 0.156. The van der Waals surface area contributed by atoms with Gasteiger partial charge < -0.3 is 34.2 Å². The van der Waals surface area contributed by atoms with Gasteiger partial charge in [0.05, 0.1) is 11.6 Å². The van der Waals surface area contributed by atoms with Crippen LogP contribution in [0.2, 0.25) is 0 Å². The lowest BCUT2D eigenvalue weighted by Gasteiger charge is -2.34. The van der Waals surface area contributed by atoms with Gasteiger partial charge in [0.2, 0.25) is 0 Å². The highest BCUT2D eigenvalue weighted by Gasteiger charge is 2.42. The number of hydrogen-bond donors (Lipinski definition) is 1. The molecule has 0 aliphatic carbocycles. The number of nitrogens with zero attached hydrogens (tertiary/aromatic N) is 1. The fourth-order valence-corrected chi connectivity index (χ4v) is 5.98. The van der Waals surface area contributed by atoms with E-state index in [0.29, 0.717) is 36.1 Å². The first-order valence-electron chi connectivity index (χ1n) is 16.3. The van der Waals surface area contributed by atoms with Crippen molar-refractivity contribution in [3.63, 3.8) is 0 Å². The van der Waals surface area contributed by atoms with Crippen LogP contribution in [-0.2, 0) is 14.3 Å². The molecule has 13 heteroatoms. The third-order valence-corrected chi connectivity index (χ3v) is 8.50. The molecule has 1 N–H and O–H groups in total. The Balaban J connectivity index is 1.52. The number of halogens is 1. The predicted octanol–water partition coefficient (Wildman–Crippen LogP) is 4.98. The summed E-state index contributed by atoms with van der Waals surface area (Å²) < 4.78 is 35.3. The van der Waals surface area contributed by atoms with Gasteiger partial charge in [0.15, 0.2) is 19.4 Å².